The molecule has 2 aromatic carbocycles. The van der Waals surface area contributed by atoms with Gasteiger partial charge in [0.15, 0.2) is 5.03 Å². The highest BCUT2D eigenvalue weighted by molar-refractivity contribution is 7.99. The first kappa shape index (κ1) is 17.8. The third-order valence-electron chi connectivity index (χ3n) is 3.58. The van der Waals surface area contributed by atoms with Crippen molar-refractivity contribution in [3.05, 3.63) is 81.9 Å². The van der Waals surface area contributed by atoms with E-state index < -0.39 is 4.92 Å². The first-order valence-corrected chi connectivity index (χ1v) is 8.57. The van der Waals surface area contributed by atoms with Gasteiger partial charge in [-0.25, -0.2) is 14.4 Å². The molecular formula is C18H15FN4O2S. The van der Waals surface area contributed by atoms with Crippen LogP contribution in [-0.2, 0) is 6.54 Å². The van der Waals surface area contributed by atoms with Gasteiger partial charge in [-0.2, -0.15) is 0 Å². The van der Waals surface area contributed by atoms with E-state index in [1.807, 2.05) is 31.2 Å². The lowest BCUT2D eigenvalue weighted by atomic mass is 10.2. The summed E-state index contributed by atoms with van der Waals surface area (Å²) in [6.45, 7) is 2.26. The number of aromatic nitrogens is 2. The number of rotatable bonds is 6. The van der Waals surface area contributed by atoms with Crippen molar-refractivity contribution in [3.8, 4) is 0 Å². The maximum Gasteiger partial charge on any atom is 0.343 e. The van der Waals surface area contributed by atoms with Crippen LogP contribution in [0.25, 0.3) is 0 Å². The zero-order valence-electron chi connectivity index (χ0n) is 13.8. The van der Waals surface area contributed by atoms with E-state index in [-0.39, 0.29) is 28.9 Å². The second-order valence-corrected chi connectivity index (χ2v) is 6.59. The number of benzene rings is 2. The molecule has 0 fully saturated rings. The molecule has 0 bridgehead atoms. The van der Waals surface area contributed by atoms with Crippen molar-refractivity contribution in [2.75, 3.05) is 5.32 Å². The quantitative estimate of drug-likeness (QED) is 0.388. The molecule has 3 rings (SSSR count). The third kappa shape index (κ3) is 4.34. The summed E-state index contributed by atoms with van der Waals surface area (Å²) < 4.78 is 13.0. The maximum absolute atomic E-state index is 13.0. The minimum atomic E-state index is -0.497. The Morgan fingerprint density at radius 3 is 2.46 bits per heavy atom. The standard InChI is InChI=1S/C18H15FN4O2S/c1-12-2-8-15(9-3-12)26-18-16(23(24)25)17(21-11-22-18)20-10-13-4-6-14(19)7-5-13/h2-9,11H,10H2,1H3,(H,20,21,22). The van der Waals surface area contributed by atoms with Gasteiger partial charge in [-0.05, 0) is 36.8 Å². The molecule has 0 aliphatic heterocycles. The van der Waals surface area contributed by atoms with Gasteiger partial charge in [-0.15, -0.1) is 0 Å². The molecule has 0 saturated heterocycles. The maximum atomic E-state index is 13.0. The molecule has 132 valence electrons. The lowest BCUT2D eigenvalue weighted by Crippen LogP contribution is -2.06. The van der Waals surface area contributed by atoms with Gasteiger partial charge in [0, 0.05) is 11.4 Å². The lowest BCUT2D eigenvalue weighted by Gasteiger charge is -2.08. The molecule has 8 heteroatoms. The fourth-order valence-electron chi connectivity index (χ4n) is 2.24. The van der Waals surface area contributed by atoms with Crippen LogP contribution < -0.4 is 5.32 Å². The summed E-state index contributed by atoms with van der Waals surface area (Å²) in [6.07, 6.45) is 1.29. The van der Waals surface area contributed by atoms with E-state index in [0.717, 1.165) is 16.0 Å². The van der Waals surface area contributed by atoms with Gasteiger partial charge in [0.2, 0.25) is 5.82 Å². The van der Waals surface area contributed by atoms with Crippen LogP contribution in [-0.4, -0.2) is 14.9 Å². The van der Waals surface area contributed by atoms with E-state index in [0.29, 0.717) is 0 Å². The van der Waals surface area contributed by atoms with Crippen molar-refractivity contribution >= 4 is 23.3 Å². The number of nitrogens with one attached hydrogen (secondary N) is 1. The van der Waals surface area contributed by atoms with Crippen LogP contribution in [0.5, 0.6) is 0 Å². The Morgan fingerprint density at radius 1 is 1.12 bits per heavy atom. The smallest absolute Gasteiger partial charge is 0.343 e. The van der Waals surface area contributed by atoms with E-state index >= 15 is 0 Å². The fraction of sp³-hybridized carbons (Fsp3) is 0.111. The second kappa shape index (κ2) is 7.92. The van der Waals surface area contributed by atoms with Crippen LogP contribution in [0.4, 0.5) is 15.9 Å². The molecule has 1 aromatic heterocycles. The van der Waals surface area contributed by atoms with E-state index in [4.69, 9.17) is 0 Å². The van der Waals surface area contributed by atoms with Gasteiger partial charge in [0.05, 0.1) is 4.92 Å². The van der Waals surface area contributed by atoms with Gasteiger partial charge in [0.1, 0.15) is 12.1 Å². The summed E-state index contributed by atoms with van der Waals surface area (Å²) in [6, 6.07) is 13.5. The number of anilines is 1. The molecule has 0 atom stereocenters. The van der Waals surface area contributed by atoms with Crippen LogP contribution in [0.1, 0.15) is 11.1 Å². The molecule has 26 heavy (non-hydrogen) atoms. The predicted octanol–water partition coefficient (Wildman–Crippen LogP) is 4.60. The van der Waals surface area contributed by atoms with Crippen molar-refractivity contribution in [2.45, 2.75) is 23.4 Å². The topological polar surface area (TPSA) is 81.0 Å². The number of hydrogen-bond acceptors (Lipinski definition) is 6. The van der Waals surface area contributed by atoms with Crippen LogP contribution in [0, 0.1) is 22.9 Å². The van der Waals surface area contributed by atoms with E-state index in [1.165, 1.54) is 30.2 Å². The highest BCUT2D eigenvalue weighted by Crippen LogP contribution is 2.36. The van der Waals surface area contributed by atoms with Gasteiger partial charge in [-0.3, -0.25) is 10.1 Å². The number of aryl methyl sites for hydroxylation is 1. The van der Waals surface area contributed by atoms with Crippen molar-refractivity contribution < 1.29 is 9.31 Å². The Morgan fingerprint density at radius 2 is 1.81 bits per heavy atom. The van der Waals surface area contributed by atoms with E-state index in [1.54, 1.807) is 12.1 Å². The normalized spacial score (nSPS) is 10.5. The van der Waals surface area contributed by atoms with Crippen LogP contribution >= 0.6 is 11.8 Å². The molecule has 0 aliphatic carbocycles. The van der Waals surface area contributed by atoms with Crippen molar-refractivity contribution in [1.29, 1.82) is 0 Å². The SMILES string of the molecule is Cc1ccc(Sc2ncnc(NCc3ccc(F)cc3)c2[N+](=O)[O-])cc1. The first-order chi connectivity index (χ1) is 12.5. The van der Waals surface area contributed by atoms with E-state index in [2.05, 4.69) is 15.3 Å². The Hall–Kier alpha value is -3.00. The number of halogens is 1. The summed E-state index contributed by atoms with van der Waals surface area (Å²) in [5.41, 5.74) is 1.71. The van der Waals surface area contributed by atoms with Crippen LogP contribution in [0.3, 0.4) is 0 Å². The molecule has 0 radical (unpaired) electrons. The summed E-state index contributed by atoms with van der Waals surface area (Å²) in [5.74, 6) is -0.206. The van der Waals surface area contributed by atoms with Crippen LogP contribution in [0.2, 0.25) is 0 Å². The molecule has 0 spiro atoms. The zero-order valence-corrected chi connectivity index (χ0v) is 14.7. The minimum Gasteiger partial charge on any atom is -0.360 e. The predicted molar refractivity (Wildman–Crippen MR) is 97.7 cm³/mol. The van der Waals surface area contributed by atoms with Crippen molar-refractivity contribution in [3.63, 3.8) is 0 Å². The molecule has 0 amide bonds. The average Bonchev–Trinajstić information content (AvgIpc) is 2.63. The Balaban J connectivity index is 1.84. The molecule has 0 aliphatic rings. The molecule has 1 heterocycles. The fourth-order valence-corrected chi connectivity index (χ4v) is 3.10. The zero-order chi connectivity index (χ0) is 18.5. The third-order valence-corrected chi connectivity index (χ3v) is 4.58. The molecular weight excluding hydrogens is 355 g/mol. The Kier molecular flexibility index (Phi) is 5.43. The van der Waals surface area contributed by atoms with Gasteiger partial charge >= 0.3 is 5.69 Å². The number of hydrogen-bond donors (Lipinski definition) is 1. The first-order valence-electron chi connectivity index (χ1n) is 7.75. The summed E-state index contributed by atoms with van der Waals surface area (Å²) >= 11 is 1.21. The lowest BCUT2D eigenvalue weighted by molar-refractivity contribution is -0.387. The van der Waals surface area contributed by atoms with Crippen molar-refractivity contribution in [2.24, 2.45) is 0 Å². The van der Waals surface area contributed by atoms with E-state index in [9.17, 15) is 14.5 Å². The Bertz CT molecular complexity index is 917. The van der Waals surface area contributed by atoms with Gasteiger partial charge < -0.3 is 5.32 Å². The average molecular weight is 370 g/mol. The summed E-state index contributed by atoms with van der Waals surface area (Å²) in [7, 11) is 0. The minimum absolute atomic E-state index is 0.129. The largest absolute Gasteiger partial charge is 0.360 e. The van der Waals surface area contributed by atoms with Gasteiger partial charge in [0.25, 0.3) is 0 Å². The second-order valence-electron chi connectivity index (χ2n) is 5.53. The molecule has 0 unspecified atom stereocenters. The Labute approximate surface area is 153 Å². The molecule has 6 nitrogen and oxygen atoms in total. The number of nitrogens with zero attached hydrogens (tertiary/aromatic N) is 3. The molecule has 0 saturated carbocycles. The molecule has 1 N–H and O–H groups in total. The summed E-state index contributed by atoms with van der Waals surface area (Å²) in [4.78, 5) is 20.0. The highest BCUT2D eigenvalue weighted by atomic mass is 32.2. The van der Waals surface area contributed by atoms with Crippen LogP contribution in [0.15, 0.2) is 64.8 Å². The van der Waals surface area contributed by atoms with Gasteiger partial charge in [-0.1, -0.05) is 41.6 Å². The highest BCUT2D eigenvalue weighted by Gasteiger charge is 2.23. The molecule has 3 aromatic rings. The summed E-state index contributed by atoms with van der Waals surface area (Å²) in [5, 5.41) is 14.8. The number of nitro groups is 1. The van der Waals surface area contributed by atoms with Crippen molar-refractivity contribution in [1.82, 2.24) is 9.97 Å². The monoisotopic (exact) mass is 370 g/mol.